The Kier molecular flexibility index (Phi) is 4.47. The Morgan fingerprint density at radius 2 is 1.83 bits per heavy atom. The molecule has 5 rings (SSSR count). The van der Waals surface area contributed by atoms with Gasteiger partial charge in [-0.3, -0.25) is 0 Å². The Morgan fingerprint density at radius 3 is 2.57 bits per heavy atom. The highest BCUT2D eigenvalue weighted by Crippen LogP contribution is 2.53. The average molecular weight is 419 g/mol. The molecule has 0 aromatic heterocycles. The summed E-state index contributed by atoms with van der Waals surface area (Å²) in [5, 5.41) is 10.2. The maximum atomic E-state index is 10.2. The van der Waals surface area contributed by atoms with Crippen LogP contribution in [0.5, 0.6) is 0 Å². The van der Waals surface area contributed by atoms with Gasteiger partial charge in [-0.15, -0.1) is 0 Å². The maximum absolute atomic E-state index is 10.2. The van der Waals surface area contributed by atoms with Crippen LogP contribution in [0, 0.1) is 0 Å². The van der Waals surface area contributed by atoms with E-state index in [1.165, 1.54) is 12.0 Å². The highest BCUT2D eigenvalue weighted by atomic mass is 32.2. The minimum absolute atomic E-state index is 0.203. The fourth-order valence-electron chi connectivity index (χ4n) is 4.24. The van der Waals surface area contributed by atoms with E-state index in [0.717, 1.165) is 34.1 Å². The first-order chi connectivity index (χ1) is 14.3. The third-order valence-electron chi connectivity index (χ3n) is 6.51. The van der Waals surface area contributed by atoms with Crippen molar-refractivity contribution in [3.05, 3.63) is 84.1 Å². The maximum Gasteiger partial charge on any atom is 0.141 e. The van der Waals surface area contributed by atoms with Gasteiger partial charge in [0.1, 0.15) is 11.4 Å². The van der Waals surface area contributed by atoms with E-state index in [0.29, 0.717) is 6.42 Å². The van der Waals surface area contributed by atoms with Crippen molar-refractivity contribution in [3.8, 4) is 0 Å². The molecule has 0 radical (unpaired) electrons. The molecule has 0 amide bonds. The van der Waals surface area contributed by atoms with Gasteiger partial charge in [-0.25, -0.2) is 4.99 Å². The molecule has 2 aromatic rings. The lowest BCUT2D eigenvalue weighted by Crippen LogP contribution is -2.47. The van der Waals surface area contributed by atoms with Crippen LogP contribution in [0.3, 0.4) is 0 Å². The molecule has 0 bridgehead atoms. The quantitative estimate of drug-likeness (QED) is 0.652. The van der Waals surface area contributed by atoms with Crippen LogP contribution in [-0.2, 0) is 4.18 Å². The summed E-state index contributed by atoms with van der Waals surface area (Å²) in [7, 11) is 0. The minimum atomic E-state index is -0.749. The van der Waals surface area contributed by atoms with E-state index in [-0.39, 0.29) is 5.54 Å². The van der Waals surface area contributed by atoms with E-state index in [1.807, 2.05) is 32.0 Å². The normalized spacial score (nSPS) is 31.9. The molecule has 0 saturated heterocycles. The van der Waals surface area contributed by atoms with Gasteiger partial charge in [0, 0.05) is 34.6 Å². The summed E-state index contributed by atoms with van der Waals surface area (Å²) in [5.41, 5.74) is 1.82. The molecule has 1 fully saturated rings. The Hall–Kier alpha value is -2.34. The van der Waals surface area contributed by atoms with Crippen molar-refractivity contribution in [2.24, 2.45) is 4.99 Å². The Morgan fingerprint density at radius 1 is 1.07 bits per heavy atom. The number of rotatable bonds is 5. The highest BCUT2D eigenvalue weighted by molar-refractivity contribution is 7.94. The first-order valence-electron chi connectivity index (χ1n) is 10.3. The van der Waals surface area contributed by atoms with E-state index in [2.05, 4.69) is 66.4 Å². The number of anilines is 1. The first kappa shape index (κ1) is 19.6. The summed E-state index contributed by atoms with van der Waals surface area (Å²) in [6.45, 7) is 6.02. The van der Waals surface area contributed by atoms with Crippen LogP contribution in [-0.4, -0.2) is 27.7 Å². The predicted octanol–water partition coefficient (Wildman–Crippen LogP) is 5.49. The van der Waals surface area contributed by atoms with E-state index in [4.69, 9.17) is 9.18 Å². The van der Waals surface area contributed by atoms with Gasteiger partial charge < -0.3 is 14.2 Å². The second kappa shape index (κ2) is 6.84. The number of fused-ring (bicyclic) bond motifs is 1. The number of aliphatic imine (C=N–C) groups is 1. The molecule has 154 valence electrons. The number of benzene rings is 2. The van der Waals surface area contributed by atoms with Crippen LogP contribution >= 0.6 is 12.0 Å². The Balaban J connectivity index is 1.48. The molecule has 1 N–H and O–H groups in total. The monoisotopic (exact) mass is 418 g/mol. The highest BCUT2D eigenvalue weighted by Gasteiger charge is 2.62. The lowest BCUT2D eigenvalue weighted by molar-refractivity contribution is 0.0733. The molecule has 30 heavy (non-hydrogen) atoms. The van der Waals surface area contributed by atoms with Crippen LogP contribution in [0.1, 0.15) is 39.2 Å². The van der Waals surface area contributed by atoms with Crippen molar-refractivity contribution >= 4 is 23.6 Å². The first-order valence-corrected chi connectivity index (χ1v) is 11.1. The van der Waals surface area contributed by atoms with Crippen LogP contribution in [0.25, 0.3) is 0 Å². The number of hydrogen-bond acceptors (Lipinski definition) is 5. The number of para-hydroxylation sites is 1. The van der Waals surface area contributed by atoms with Crippen LogP contribution < -0.4 is 4.90 Å². The summed E-state index contributed by atoms with van der Waals surface area (Å²) in [5.74, 6) is 0.950. The SMILES string of the molecule is CC12CC=CC=C1N=C(c1cccc(SOC3(C)CC3(C)O)c1)N2c1ccccc1. The lowest BCUT2D eigenvalue weighted by atomic mass is 9.88. The number of hydrogen-bond donors (Lipinski definition) is 1. The van der Waals surface area contributed by atoms with Crippen molar-refractivity contribution in [3.63, 3.8) is 0 Å². The zero-order chi connectivity index (χ0) is 21.0. The molecule has 3 aliphatic rings. The molecule has 3 unspecified atom stereocenters. The zero-order valence-electron chi connectivity index (χ0n) is 17.5. The second-order valence-electron chi connectivity index (χ2n) is 8.94. The van der Waals surface area contributed by atoms with Gasteiger partial charge in [0.05, 0.1) is 16.8 Å². The van der Waals surface area contributed by atoms with Crippen molar-refractivity contribution in [2.75, 3.05) is 4.90 Å². The van der Waals surface area contributed by atoms with Gasteiger partial charge in [-0.1, -0.05) is 42.5 Å². The number of amidine groups is 1. The molecule has 1 aliphatic heterocycles. The predicted molar refractivity (Wildman–Crippen MR) is 123 cm³/mol. The number of allylic oxidation sites excluding steroid dienone is 2. The van der Waals surface area contributed by atoms with E-state index in [1.54, 1.807) is 0 Å². The van der Waals surface area contributed by atoms with Gasteiger partial charge in [-0.2, -0.15) is 0 Å². The standard InChI is InChI=1S/C25H26N2O2S/c1-23-15-8-7-14-21(23)26-22(27(23)19-11-5-4-6-12-19)18-10-9-13-20(16-18)30-29-25(3)17-24(25,2)28/h4-14,16,28H,15,17H2,1-3H3. The zero-order valence-corrected chi connectivity index (χ0v) is 18.3. The van der Waals surface area contributed by atoms with Gasteiger partial charge in [0.2, 0.25) is 0 Å². The summed E-state index contributed by atoms with van der Waals surface area (Å²) in [4.78, 5) is 8.40. The molecular formula is C25H26N2O2S. The molecule has 5 heteroatoms. The average Bonchev–Trinajstić information content (AvgIpc) is 3.09. The summed E-state index contributed by atoms with van der Waals surface area (Å²) in [6, 6.07) is 18.7. The topological polar surface area (TPSA) is 45.1 Å². The molecule has 1 saturated carbocycles. The van der Waals surface area contributed by atoms with E-state index >= 15 is 0 Å². The van der Waals surface area contributed by atoms with Crippen LogP contribution in [0.4, 0.5) is 5.69 Å². The van der Waals surface area contributed by atoms with Crippen molar-refractivity contribution in [1.82, 2.24) is 0 Å². The largest absolute Gasteiger partial charge is 0.387 e. The van der Waals surface area contributed by atoms with Crippen molar-refractivity contribution in [1.29, 1.82) is 0 Å². The van der Waals surface area contributed by atoms with Gasteiger partial charge in [-0.05, 0) is 57.5 Å². The van der Waals surface area contributed by atoms with Gasteiger partial charge in [0.15, 0.2) is 0 Å². The van der Waals surface area contributed by atoms with E-state index in [9.17, 15) is 5.11 Å². The molecule has 1 heterocycles. The van der Waals surface area contributed by atoms with Crippen LogP contribution in [0.2, 0.25) is 0 Å². The van der Waals surface area contributed by atoms with Gasteiger partial charge in [0.25, 0.3) is 0 Å². The second-order valence-corrected chi connectivity index (χ2v) is 9.75. The molecule has 0 spiro atoms. The van der Waals surface area contributed by atoms with Gasteiger partial charge >= 0.3 is 0 Å². The molecule has 3 atom stereocenters. The third-order valence-corrected chi connectivity index (χ3v) is 7.41. The van der Waals surface area contributed by atoms with Crippen LogP contribution in [0.15, 0.2) is 88.4 Å². The smallest absolute Gasteiger partial charge is 0.141 e. The molecular weight excluding hydrogens is 392 g/mol. The van der Waals surface area contributed by atoms with Crippen molar-refractivity contribution < 1.29 is 9.29 Å². The summed E-state index contributed by atoms with van der Waals surface area (Å²) >= 11 is 1.33. The minimum Gasteiger partial charge on any atom is -0.387 e. The molecule has 4 nitrogen and oxygen atoms in total. The molecule has 2 aromatic carbocycles. The van der Waals surface area contributed by atoms with E-state index < -0.39 is 11.2 Å². The fourth-order valence-corrected chi connectivity index (χ4v) is 5.07. The third kappa shape index (κ3) is 3.13. The fraction of sp³-hybridized carbons (Fsp3) is 0.320. The van der Waals surface area contributed by atoms with Crippen molar-refractivity contribution in [2.45, 2.75) is 55.2 Å². The Bertz CT molecular complexity index is 1080. The molecule has 2 aliphatic carbocycles. The summed E-state index contributed by atoms with van der Waals surface area (Å²) in [6.07, 6.45) is 7.98. The number of aliphatic hydroxyl groups is 1. The number of nitrogens with zero attached hydrogens (tertiary/aromatic N) is 2. The Labute approximate surface area is 182 Å². The lowest BCUT2D eigenvalue weighted by Gasteiger charge is -2.38. The summed E-state index contributed by atoms with van der Waals surface area (Å²) < 4.78 is 5.98.